The second kappa shape index (κ2) is 2.23. The van der Waals surface area contributed by atoms with Crippen molar-refractivity contribution in [3.05, 3.63) is 16.9 Å². The van der Waals surface area contributed by atoms with Gasteiger partial charge in [-0.15, -0.1) is 0 Å². The number of nitrogens with zero attached hydrogens (tertiary/aromatic N) is 2. The van der Waals surface area contributed by atoms with Gasteiger partial charge in [0, 0.05) is 6.04 Å². The van der Waals surface area contributed by atoms with Crippen molar-refractivity contribution in [2.45, 2.75) is 19.9 Å². The van der Waals surface area contributed by atoms with Crippen molar-refractivity contribution in [1.29, 1.82) is 0 Å². The van der Waals surface area contributed by atoms with E-state index in [2.05, 4.69) is 9.97 Å². The molecule has 2 aromatic heterocycles. The van der Waals surface area contributed by atoms with Crippen molar-refractivity contribution in [3.8, 4) is 0 Å². The fourth-order valence-electron chi connectivity index (χ4n) is 1.22. The summed E-state index contributed by atoms with van der Waals surface area (Å²) in [5.74, 6) is 0. The molecule has 2 rings (SSSR count). The van der Waals surface area contributed by atoms with E-state index in [1.807, 2.05) is 13.8 Å². The number of rotatable bonds is 1. The van der Waals surface area contributed by atoms with Crippen LogP contribution in [0, 0.1) is 0 Å². The lowest BCUT2D eigenvalue weighted by Gasteiger charge is -2.02. The Labute approximate surface area is 68.0 Å². The molecule has 5 heteroatoms. The molecule has 2 heterocycles. The van der Waals surface area contributed by atoms with Crippen LogP contribution in [0.15, 0.2) is 15.6 Å². The molecule has 0 saturated heterocycles. The van der Waals surface area contributed by atoms with Crippen LogP contribution >= 0.6 is 0 Å². The van der Waals surface area contributed by atoms with E-state index in [1.54, 1.807) is 0 Å². The highest BCUT2D eigenvalue weighted by atomic mass is 16.3. The molecule has 0 saturated carbocycles. The molecule has 5 nitrogen and oxygen atoms in total. The maximum atomic E-state index is 11.2. The molecule has 2 aromatic rings. The minimum absolute atomic E-state index is 0.0826. The third-order valence-electron chi connectivity index (χ3n) is 1.73. The molecule has 0 spiro atoms. The summed E-state index contributed by atoms with van der Waals surface area (Å²) < 4.78 is 6.58. The van der Waals surface area contributed by atoms with E-state index in [-0.39, 0.29) is 11.7 Å². The van der Waals surface area contributed by atoms with E-state index in [9.17, 15) is 4.79 Å². The van der Waals surface area contributed by atoms with Crippen molar-refractivity contribution in [1.82, 2.24) is 14.5 Å². The quantitative estimate of drug-likeness (QED) is 0.686. The molecular formula is C7H9N3O2. The number of imidazole rings is 1. The third-order valence-corrected chi connectivity index (χ3v) is 1.73. The molecule has 0 radical (unpaired) electrons. The van der Waals surface area contributed by atoms with Gasteiger partial charge in [-0.05, 0) is 13.8 Å². The van der Waals surface area contributed by atoms with Gasteiger partial charge in [0.25, 0.3) is 0 Å². The molecule has 0 aliphatic rings. The average molecular weight is 167 g/mol. The largest absolute Gasteiger partial charge is 0.425 e. The number of H-pyrrole nitrogens is 1. The lowest BCUT2D eigenvalue weighted by molar-refractivity contribution is 0.513. The number of hydrogen-bond acceptors (Lipinski definition) is 3. The molecule has 0 atom stereocenters. The summed E-state index contributed by atoms with van der Waals surface area (Å²) in [5.41, 5.74) is 0.843. The first-order valence-corrected chi connectivity index (χ1v) is 3.74. The summed E-state index contributed by atoms with van der Waals surface area (Å²) in [5, 5.41) is 0. The Morgan fingerprint density at radius 2 is 2.42 bits per heavy atom. The molecule has 0 aliphatic carbocycles. The summed E-state index contributed by atoms with van der Waals surface area (Å²) in [6.45, 7) is 3.83. The van der Waals surface area contributed by atoms with E-state index in [1.165, 1.54) is 11.0 Å². The summed E-state index contributed by atoms with van der Waals surface area (Å²) in [7, 11) is 0. The van der Waals surface area contributed by atoms with Gasteiger partial charge in [0.2, 0.25) is 5.71 Å². The normalized spacial score (nSPS) is 11.6. The summed E-state index contributed by atoms with van der Waals surface area (Å²) >= 11 is 0. The Hall–Kier alpha value is -1.52. The second-order valence-corrected chi connectivity index (χ2v) is 2.90. The number of nitrogens with one attached hydrogen (secondary N) is 1. The molecule has 1 N–H and O–H groups in total. The van der Waals surface area contributed by atoms with Crippen LogP contribution in [-0.2, 0) is 0 Å². The molecule has 0 amide bonds. The van der Waals surface area contributed by atoms with Gasteiger partial charge >= 0.3 is 5.69 Å². The number of hydrogen-bond donors (Lipinski definition) is 1. The maximum absolute atomic E-state index is 11.2. The minimum atomic E-state index is -0.174. The lowest BCUT2D eigenvalue weighted by Crippen LogP contribution is -2.18. The van der Waals surface area contributed by atoms with Crippen LogP contribution in [0.4, 0.5) is 0 Å². The van der Waals surface area contributed by atoms with Gasteiger partial charge in [-0.3, -0.25) is 9.55 Å². The standard InChI is InChI=1S/C7H9N3O2/c1-4(2)10-6-5(8-3-12-6)9-7(10)11/h3-4H,1-2H3,(H,9,11). The third kappa shape index (κ3) is 0.792. The zero-order valence-corrected chi connectivity index (χ0v) is 6.87. The van der Waals surface area contributed by atoms with Crippen LogP contribution in [0.3, 0.4) is 0 Å². The van der Waals surface area contributed by atoms with Crippen LogP contribution in [0.5, 0.6) is 0 Å². The van der Waals surface area contributed by atoms with E-state index in [4.69, 9.17) is 4.42 Å². The van der Waals surface area contributed by atoms with Crippen molar-refractivity contribution >= 4 is 11.4 Å². The van der Waals surface area contributed by atoms with Gasteiger partial charge in [-0.25, -0.2) is 4.79 Å². The number of aromatic amines is 1. The zero-order valence-electron chi connectivity index (χ0n) is 6.87. The van der Waals surface area contributed by atoms with Gasteiger partial charge in [-0.2, -0.15) is 4.98 Å². The molecule has 0 unspecified atom stereocenters. The van der Waals surface area contributed by atoms with Gasteiger partial charge in [0.15, 0.2) is 12.0 Å². The monoisotopic (exact) mass is 167 g/mol. The highest BCUT2D eigenvalue weighted by Gasteiger charge is 2.12. The molecule has 0 aliphatic heterocycles. The SMILES string of the molecule is CC(C)n1c(=O)[nH]c2ncoc21. The highest BCUT2D eigenvalue weighted by Crippen LogP contribution is 2.11. The lowest BCUT2D eigenvalue weighted by atomic mass is 10.4. The van der Waals surface area contributed by atoms with Crippen molar-refractivity contribution in [2.75, 3.05) is 0 Å². The molecular weight excluding hydrogens is 158 g/mol. The molecule has 0 fully saturated rings. The van der Waals surface area contributed by atoms with Crippen LogP contribution in [-0.4, -0.2) is 14.5 Å². The minimum Gasteiger partial charge on any atom is -0.425 e. The number of aromatic nitrogens is 3. The molecule has 12 heavy (non-hydrogen) atoms. The van der Waals surface area contributed by atoms with Crippen molar-refractivity contribution < 1.29 is 4.42 Å². The van der Waals surface area contributed by atoms with Crippen molar-refractivity contribution in [2.24, 2.45) is 0 Å². The Morgan fingerprint density at radius 1 is 1.67 bits per heavy atom. The van der Waals surface area contributed by atoms with Gasteiger partial charge < -0.3 is 4.42 Å². The first-order valence-electron chi connectivity index (χ1n) is 3.74. The average Bonchev–Trinajstić information content (AvgIpc) is 2.44. The fourth-order valence-corrected chi connectivity index (χ4v) is 1.22. The Balaban J connectivity index is 2.85. The molecule has 64 valence electrons. The predicted molar refractivity (Wildman–Crippen MR) is 43.0 cm³/mol. The summed E-state index contributed by atoms with van der Waals surface area (Å²) in [6, 6.07) is 0.0826. The summed E-state index contributed by atoms with van der Waals surface area (Å²) in [6.07, 6.45) is 1.32. The van der Waals surface area contributed by atoms with Gasteiger partial charge in [-0.1, -0.05) is 0 Å². The molecule has 0 bridgehead atoms. The maximum Gasteiger partial charge on any atom is 0.330 e. The number of oxazole rings is 1. The highest BCUT2D eigenvalue weighted by molar-refractivity contribution is 5.62. The smallest absolute Gasteiger partial charge is 0.330 e. The van der Waals surface area contributed by atoms with E-state index >= 15 is 0 Å². The first kappa shape index (κ1) is 7.15. The fraction of sp³-hybridized carbons (Fsp3) is 0.429. The van der Waals surface area contributed by atoms with Crippen LogP contribution < -0.4 is 5.69 Å². The van der Waals surface area contributed by atoms with Crippen LogP contribution in [0.1, 0.15) is 19.9 Å². The van der Waals surface area contributed by atoms with Crippen LogP contribution in [0.25, 0.3) is 11.4 Å². The van der Waals surface area contributed by atoms with Crippen molar-refractivity contribution in [3.63, 3.8) is 0 Å². The summed E-state index contributed by atoms with van der Waals surface area (Å²) in [4.78, 5) is 17.7. The van der Waals surface area contributed by atoms with E-state index in [0.29, 0.717) is 11.4 Å². The van der Waals surface area contributed by atoms with Crippen LogP contribution in [0.2, 0.25) is 0 Å². The Kier molecular flexibility index (Phi) is 1.33. The molecule has 0 aromatic carbocycles. The first-order chi connectivity index (χ1) is 5.70. The number of fused-ring (bicyclic) bond motifs is 1. The Morgan fingerprint density at radius 3 is 3.08 bits per heavy atom. The van der Waals surface area contributed by atoms with E-state index < -0.39 is 0 Å². The second-order valence-electron chi connectivity index (χ2n) is 2.90. The van der Waals surface area contributed by atoms with Gasteiger partial charge in [0.1, 0.15) is 0 Å². The predicted octanol–water partition coefficient (Wildman–Crippen LogP) is 0.898. The Bertz CT molecular complexity index is 448. The van der Waals surface area contributed by atoms with E-state index in [0.717, 1.165) is 0 Å². The zero-order chi connectivity index (χ0) is 8.72. The van der Waals surface area contributed by atoms with Gasteiger partial charge in [0.05, 0.1) is 0 Å². The topological polar surface area (TPSA) is 63.8 Å².